The van der Waals surface area contributed by atoms with Gasteiger partial charge in [-0.25, -0.2) is 0 Å². The molecule has 2 amide bonds. The fourth-order valence-corrected chi connectivity index (χ4v) is 9.12. The number of aliphatic hydroxyl groups excluding tert-OH is 1. The Morgan fingerprint density at radius 2 is 1.84 bits per heavy atom. The third-order valence-electron chi connectivity index (χ3n) is 8.07. The number of hydrogen-bond acceptors (Lipinski definition) is 7. The SMILES string of the molecule is CC(=O)OC1CC(=O)N1c1ccc(CN2C(=O)[C@@]3(O[C@@H](CCO)[C@H]([Si](C)(C)O)[C@H]3C)c3ccccc32)cc1. The normalized spacial score (nSPS) is 28.6. The molecular formula is C28H34N2O7Si. The van der Waals surface area contributed by atoms with Gasteiger partial charge in [-0.3, -0.25) is 19.3 Å². The Kier molecular flexibility index (Phi) is 6.71. The third kappa shape index (κ3) is 4.16. The maximum absolute atomic E-state index is 14.2. The summed E-state index contributed by atoms with van der Waals surface area (Å²) in [5.74, 6) is -1.01. The molecule has 5 atom stereocenters. The molecule has 2 aromatic rings. The first kappa shape index (κ1) is 26.5. The van der Waals surface area contributed by atoms with Crippen molar-refractivity contribution in [2.45, 2.75) is 69.8 Å². The number of anilines is 2. The number of ether oxygens (including phenoxy) is 2. The quantitative estimate of drug-likeness (QED) is 0.316. The van der Waals surface area contributed by atoms with Crippen LogP contribution >= 0.6 is 0 Å². The summed E-state index contributed by atoms with van der Waals surface area (Å²) >= 11 is 0. The van der Waals surface area contributed by atoms with Crippen LogP contribution < -0.4 is 9.80 Å². The molecule has 10 heteroatoms. The van der Waals surface area contributed by atoms with Gasteiger partial charge in [-0.15, -0.1) is 0 Å². The van der Waals surface area contributed by atoms with Crippen molar-refractivity contribution in [2.24, 2.45) is 5.92 Å². The van der Waals surface area contributed by atoms with Crippen LogP contribution in [0.1, 0.15) is 37.8 Å². The topological polar surface area (TPSA) is 117 Å². The van der Waals surface area contributed by atoms with Gasteiger partial charge in [0.15, 0.2) is 20.1 Å². The molecule has 202 valence electrons. The number of nitrogens with zero attached hydrogens (tertiary/aromatic N) is 2. The van der Waals surface area contributed by atoms with Gasteiger partial charge in [0.05, 0.1) is 24.8 Å². The maximum Gasteiger partial charge on any atom is 0.304 e. The summed E-state index contributed by atoms with van der Waals surface area (Å²) in [6.07, 6.45) is -0.504. The van der Waals surface area contributed by atoms with Gasteiger partial charge in [0.2, 0.25) is 5.91 Å². The van der Waals surface area contributed by atoms with Crippen molar-refractivity contribution in [1.29, 1.82) is 0 Å². The number of benzene rings is 2. The van der Waals surface area contributed by atoms with E-state index >= 15 is 0 Å². The molecule has 3 aliphatic heterocycles. The number of aliphatic hydroxyl groups is 1. The lowest BCUT2D eigenvalue weighted by Gasteiger charge is -2.39. The minimum absolute atomic E-state index is 0.0851. The highest BCUT2D eigenvalue weighted by atomic mass is 28.4. The molecule has 2 saturated heterocycles. The molecule has 0 radical (unpaired) electrons. The van der Waals surface area contributed by atoms with Crippen molar-refractivity contribution in [1.82, 2.24) is 0 Å². The molecule has 1 unspecified atom stereocenters. The number of rotatable bonds is 7. The fraction of sp³-hybridized carbons (Fsp3) is 0.464. The van der Waals surface area contributed by atoms with Gasteiger partial charge in [-0.1, -0.05) is 37.3 Å². The summed E-state index contributed by atoms with van der Waals surface area (Å²) in [5, 5.41) is 9.70. The van der Waals surface area contributed by atoms with Crippen molar-refractivity contribution in [3.8, 4) is 0 Å². The molecule has 2 N–H and O–H groups in total. The Bertz CT molecular complexity index is 1260. The lowest BCUT2D eigenvalue weighted by molar-refractivity contribution is -0.154. The average Bonchev–Trinajstić information content (AvgIpc) is 3.27. The van der Waals surface area contributed by atoms with Crippen molar-refractivity contribution >= 4 is 37.5 Å². The largest absolute Gasteiger partial charge is 0.441 e. The van der Waals surface area contributed by atoms with Crippen molar-refractivity contribution < 1.29 is 33.8 Å². The monoisotopic (exact) mass is 538 g/mol. The van der Waals surface area contributed by atoms with Crippen LogP contribution in [0.4, 0.5) is 11.4 Å². The number of hydrogen-bond donors (Lipinski definition) is 2. The van der Waals surface area contributed by atoms with Crippen LogP contribution in [-0.4, -0.2) is 54.9 Å². The summed E-state index contributed by atoms with van der Waals surface area (Å²) in [4.78, 5) is 52.0. The minimum atomic E-state index is -2.74. The van der Waals surface area contributed by atoms with Crippen LogP contribution in [0.3, 0.4) is 0 Å². The molecule has 0 saturated carbocycles. The molecule has 0 bridgehead atoms. The van der Waals surface area contributed by atoms with Crippen LogP contribution in [0.25, 0.3) is 0 Å². The van der Waals surface area contributed by atoms with Gasteiger partial charge in [0.1, 0.15) is 0 Å². The fourth-order valence-electron chi connectivity index (χ4n) is 6.51. The van der Waals surface area contributed by atoms with Gasteiger partial charge >= 0.3 is 5.97 Å². The van der Waals surface area contributed by atoms with E-state index in [-0.39, 0.29) is 36.3 Å². The van der Waals surface area contributed by atoms with E-state index in [0.717, 1.165) is 16.8 Å². The number of amides is 2. The molecule has 3 aliphatic rings. The lowest BCUT2D eigenvalue weighted by Crippen LogP contribution is -2.54. The molecule has 2 aromatic carbocycles. The van der Waals surface area contributed by atoms with E-state index in [1.54, 1.807) is 17.0 Å². The van der Waals surface area contributed by atoms with E-state index in [1.807, 2.05) is 56.4 Å². The Morgan fingerprint density at radius 3 is 2.45 bits per heavy atom. The van der Waals surface area contributed by atoms with Crippen molar-refractivity contribution in [3.63, 3.8) is 0 Å². The molecule has 3 heterocycles. The number of esters is 1. The summed E-state index contributed by atoms with van der Waals surface area (Å²) in [6.45, 7) is 7.22. The van der Waals surface area contributed by atoms with Crippen LogP contribution in [0.2, 0.25) is 18.6 Å². The van der Waals surface area contributed by atoms with Crippen LogP contribution in [0.5, 0.6) is 0 Å². The van der Waals surface area contributed by atoms with Gasteiger partial charge < -0.3 is 24.3 Å². The molecule has 0 aromatic heterocycles. The number of carbonyl (C=O) groups excluding carboxylic acids is 3. The highest BCUT2D eigenvalue weighted by molar-refractivity contribution is 6.71. The average molecular weight is 539 g/mol. The number of carbonyl (C=O) groups is 3. The highest BCUT2D eigenvalue weighted by Crippen LogP contribution is 2.59. The Morgan fingerprint density at radius 1 is 1.16 bits per heavy atom. The molecule has 38 heavy (non-hydrogen) atoms. The standard InChI is InChI=1S/C28H34N2O7Si/c1-17-26(38(3,4)35)23(13-14-31)37-28(17)21-7-5-6-8-22(21)29(27(28)34)16-19-9-11-20(12-10-19)30-24(33)15-25(30)36-18(2)32/h5-12,17,23,25-26,31,35H,13-16H2,1-4H3/t17-,23+,25?,26-,28+/m1/s1. The molecule has 2 fully saturated rings. The zero-order valence-corrected chi connectivity index (χ0v) is 23.1. The number of fused-ring (bicyclic) bond motifs is 2. The van der Waals surface area contributed by atoms with Crippen LogP contribution in [0, 0.1) is 5.92 Å². The predicted octanol–water partition coefficient (Wildman–Crippen LogP) is 3.04. The zero-order valence-electron chi connectivity index (χ0n) is 22.1. The van der Waals surface area contributed by atoms with Crippen LogP contribution in [0.15, 0.2) is 48.5 Å². The first-order valence-corrected chi connectivity index (χ1v) is 16.0. The summed E-state index contributed by atoms with van der Waals surface area (Å²) in [7, 11) is -2.74. The van der Waals surface area contributed by atoms with Gasteiger partial charge in [0.25, 0.3) is 5.91 Å². The minimum Gasteiger partial charge on any atom is -0.441 e. The predicted molar refractivity (Wildman–Crippen MR) is 143 cm³/mol. The summed E-state index contributed by atoms with van der Waals surface area (Å²) in [5.41, 5.74) is 1.59. The third-order valence-corrected chi connectivity index (χ3v) is 10.6. The summed E-state index contributed by atoms with van der Waals surface area (Å²) in [6, 6.07) is 14.9. The lowest BCUT2D eigenvalue weighted by atomic mass is 9.82. The molecule has 9 nitrogen and oxygen atoms in total. The summed E-state index contributed by atoms with van der Waals surface area (Å²) < 4.78 is 11.8. The molecule has 1 spiro atoms. The zero-order chi connectivity index (χ0) is 27.4. The van der Waals surface area contributed by atoms with E-state index in [9.17, 15) is 24.3 Å². The Balaban J connectivity index is 1.43. The highest BCUT2D eigenvalue weighted by Gasteiger charge is 2.66. The van der Waals surface area contributed by atoms with E-state index in [1.165, 1.54) is 11.8 Å². The first-order valence-electron chi connectivity index (χ1n) is 13.0. The van der Waals surface area contributed by atoms with E-state index in [0.29, 0.717) is 18.7 Å². The Hall–Kier alpha value is -3.05. The second-order valence-corrected chi connectivity index (χ2v) is 15.0. The number of β-lactam (4-membered cyclic amide) rings is 1. The number of para-hydroxylation sites is 1. The van der Waals surface area contributed by atoms with E-state index in [2.05, 4.69) is 0 Å². The molecule has 5 rings (SSSR count). The first-order chi connectivity index (χ1) is 18.0. The van der Waals surface area contributed by atoms with E-state index < -0.39 is 32.2 Å². The molecule has 0 aliphatic carbocycles. The van der Waals surface area contributed by atoms with Gasteiger partial charge in [-0.05, 0) is 43.3 Å². The second-order valence-electron chi connectivity index (χ2n) is 11.0. The van der Waals surface area contributed by atoms with Crippen molar-refractivity contribution in [3.05, 3.63) is 59.7 Å². The smallest absolute Gasteiger partial charge is 0.304 e. The second kappa shape index (κ2) is 9.60. The van der Waals surface area contributed by atoms with E-state index in [4.69, 9.17) is 9.47 Å². The maximum atomic E-state index is 14.2. The van der Waals surface area contributed by atoms with Gasteiger partial charge in [0, 0.05) is 36.2 Å². The van der Waals surface area contributed by atoms with Crippen LogP contribution in [-0.2, 0) is 36.0 Å². The Labute approximate surface area is 223 Å². The van der Waals surface area contributed by atoms with Gasteiger partial charge in [-0.2, -0.15) is 0 Å². The van der Waals surface area contributed by atoms with Crippen molar-refractivity contribution in [2.75, 3.05) is 16.4 Å². The molecular weight excluding hydrogens is 504 g/mol.